The molecule has 2 aromatic rings. The second-order valence-electron chi connectivity index (χ2n) is 2.77. The number of hydrogen-bond donors (Lipinski definition) is 0. The van der Waals surface area contributed by atoms with Crippen molar-refractivity contribution in [1.82, 2.24) is 9.55 Å². The minimum absolute atomic E-state index is 1.04. The van der Waals surface area contributed by atoms with E-state index in [0.717, 1.165) is 15.1 Å². The molecule has 0 amide bonds. The van der Waals surface area contributed by atoms with Crippen molar-refractivity contribution in [3.63, 3.8) is 0 Å². The zero-order valence-corrected chi connectivity index (χ0v) is 9.82. The topological polar surface area (TPSA) is 17.8 Å². The first-order valence-corrected chi connectivity index (χ1v) is 5.90. The largest absolute Gasteiger partial charge is 0.322 e. The van der Waals surface area contributed by atoms with E-state index in [4.69, 9.17) is 0 Å². The number of para-hydroxylation sites is 1. The summed E-state index contributed by atoms with van der Waals surface area (Å²) < 4.78 is 3.16. The molecule has 1 aromatic heterocycles. The van der Waals surface area contributed by atoms with Gasteiger partial charge in [0.15, 0.2) is 5.16 Å². The van der Waals surface area contributed by atoms with E-state index in [2.05, 4.69) is 31.5 Å². The van der Waals surface area contributed by atoms with E-state index >= 15 is 0 Å². The number of nitrogens with zero attached hydrogens (tertiary/aromatic N) is 2. The van der Waals surface area contributed by atoms with Crippen molar-refractivity contribution in [2.45, 2.75) is 5.16 Å². The zero-order valence-electron chi connectivity index (χ0n) is 7.41. The van der Waals surface area contributed by atoms with Crippen molar-refractivity contribution in [2.24, 2.45) is 7.05 Å². The molecule has 68 valence electrons. The molecule has 1 heterocycles. The van der Waals surface area contributed by atoms with Crippen LogP contribution in [0.25, 0.3) is 11.0 Å². The van der Waals surface area contributed by atoms with E-state index in [1.54, 1.807) is 11.8 Å². The molecule has 0 saturated carbocycles. The average molecular weight is 257 g/mol. The summed E-state index contributed by atoms with van der Waals surface area (Å²) in [7, 11) is 2.04. The molecule has 1 aromatic carbocycles. The van der Waals surface area contributed by atoms with Crippen molar-refractivity contribution in [2.75, 3.05) is 6.26 Å². The summed E-state index contributed by atoms with van der Waals surface area (Å²) in [6, 6.07) is 6.12. The second-order valence-corrected chi connectivity index (χ2v) is 4.39. The smallest absolute Gasteiger partial charge is 0.168 e. The fourth-order valence-corrected chi connectivity index (χ4v) is 2.34. The molecule has 0 N–H and O–H groups in total. The van der Waals surface area contributed by atoms with Crippen molar-refractivity contribution in [3.05, 3.63) is 22.7 Å². The lowest BCUT2D eigenvalue weighted by atomic mass is 10.3. The van der Waals surface area contributed by atoms with Gasteiger partial charge in [0.1, 0.15) is 5.52 Å². The lowest BCUT2D eigenvalue weighted by Gasteiger charge is -1.96. The Morgan fingerprint density at radius 3 is 2.85 bits per heavy atom. The van der Waals surface area contributed by atoms with Gasteiger partial charge in [0.25, 0.3) is 0 Å². The van der Waals surface area contributed by atoms with E-state index in [-0.39, 0.29) is 0 Å². The van der Waals surface area contributed by atoms with Crippen LogP contribution in [-0.2, 0) is 7.05 Å². The summed E-state index contributed by atoms with van der Waals surface area (Å²) in [5, 5.41) is 1.04. The van der Waals surface area contributed by atoms with E-state index < -0.39 is 0 Å². The number of aromatic nitrogens is 2. The summed E-state index contributed by atoms with van der Waals surface area (Å²) in [5.41, 5.74) is 2.20. The van der Waals surface area contributed by atoms with Gasteiger partial charge in [-0.3, -0.25) is 0 Å². The molecule has 0 unspecified atom stereocenters. The molecular weight excluding hydrogens is 248 g/mol. The molecule has 2 nitrogen and oxygen atoms in total. The van der Waals surface area contributed by atoms with Gasteiger partial charge in [0, 0.05) is 11.5 Å². The van der Waals surface area contributed by atoms with Crippen LogP contribution in [0, 0.1) is 0 Å². The van der Waals surface area contributed by atoms with Crippen LogP contribution >= 0.6 is 27.7 Å². The van der Waals surface area contributed by atoms with Gasteiger partial charge in [-0.1, -0.05) is 17.8 Å². The van der Waals surface area contributed by atoms with Crippen LogP contribution in [-0.4, -0.2) is 15.8 Å². The SMILES string of the molecule is CSc1nc2c(Br)cccc2n1C. The number of benzene rings is 1. The highest BCUT2D eigenvalue weighted by Gasteiger charge is 2.07. The Labute approximate surface area is 89.5 Å². The Kier molecular flexibility index (Phi) is 2.34. The van der Waals surface area contributed by atoms with Crippen LogP contribution in [0.1, 0.15) is 0 Å². The first-order valence-electron chi connectivity index (χ1n) is 3.89. The van der Waals surface area contributed by atoms with Crippen LogP contribution in [0.3, 0.4) is 0 Å². The van der Waals surface area contributed by atoms with E-state index in [1.165, 1.54) is 5.52 Å². The van der Waals surface area contributed by atoms with Crippen molar-refractivity contribution < 1.29 is 0 Å². The quantitative estimate of drug-likeness (QED) is 0.731. The van der Waals surface area contributed by atoms with Gasteiger partial charge < -0.3 is 4.57 Å². The number of hydrogen-bond acceptors (Lipinski definition) is 2. The van der Waals surface area contributed by atoms with Gasteiger partial charge in [-0.05, 0) is 34.3 Å². The van der Waals surface area contributed by atoms with Gasteiger partial charge >= 0.3 is 0 Å². The number of halogens is 1. The monoisotopic (exact) mass is 256 g/mol. The van der Waals surface area contributed by atoms with Gasteiger partial charge in [-0.25, -0.2) is 4.98 Å². The van der Waals surface area contributed by atoms with Gasteiger partial charge in [-0.2, -0.15) is 0 Å². The third-order valence-electron chi connectivity index (χ3n) is 2.00. The molecule has 13 heavy (non-hydrogen) atoms. The molecule has 0 radical (unpaired) electrons. The molecular formula is C9H9BrN2S. The number of fused-ring (bicyclic) bond motifs is 1. The molecule has 0 saturated heterocycles. The third kappa shape index (κ3) is 1.38. The minimum atomic E-state index is 1.04. The highest BCUT2D eigenvalue weighted by molar-refractivity contribution is 9.10. The fourth-order valence-electron chi connectivity index (χ4n) is 1.34. The predicted octanol–water partition coefficient (Wildman–Crippen LogP) is 3.06. The Balaban J connectivity index is 2.83. The molecule has 0 bridgehead atoms. The maximum Gasteiger partial charge on any atom is 0.168 e. The highest BCUT2D eigenvalue weighted by Crippen LogP contribution is 2.26. The molecule has 2 rings (SSSR count). The maximum absolute atomic E-state index is 4.51. The van der Waals surface area contributed by atoms with Crippen molar-refractivity contribution >= 4 is 38.7 Å². The summed E-state index contributed by atoms with van der Waals surface area (Å²) in [6.45, 7) is 0. The van der Waals surface area contributed by atoms with Crippen LogP contribution in [0.2, 0.25) is 0 Å². The second kappa shape index (κ2) is 3.35. The van der Waals surface area contributed by atoms with Gasteiger partial charge in [-0.15, -0.1) is 0 Å². The van der Waals surface area contributed by atoms with Crippen LogP contribution in [0.15, 0.2) is 27.8 Å². The Bertz CT molecular complexity index is 450. The standard InChI is InChI=1S/C9H9BrN2S/c1-12-7-5-3-4-6(10)8(7)11-9(12)13-2/h3-5H,1-2H3. The average Bonchev–Trinajstić information content (AvgIpc) is 2.45. The normalized spacial score (nSPS) is 11.0. The fraction of sp³-hybridized carbons (Fsp3) is 0.222. The number of imidazole rings is 1. The first kappa shape index (κ1) is 9.09. The number of thioether (sulfide) groups is 1. The minimum Gasteiger partial charge on any atom is -0.322 e. The summed E-state index contributed by atoms with van der Waals surface area (Å²) in [4.78, 5) is 4.51. The highest BCUT2D eigenvalue weighted by atomic mass is 79.9. The van der Waals surface area contributed by atoms with Gasteiger partial charge in [0.05, 0.1) is 5.52 Å². The molecule has 0 aliphatic heterocycles. The number of aryl methyl sites for hydroxylation is 1. The molecule has 0 atom stereocenters. The van der Waals surface area contributed by atoms with Crippen LogP contribution in [0.4, 0.5) is 0 Å². The van der Waals surface area contributed by atoms with E-state index in [9.17, 15) is 0 Å². The summed E-state index contributed by atoms with van der Waals surface area (Å²) in [6.07, 6.45) is 2.04. The maximum atomic E-state index is 4.51. The molecule has 0 aliphatic rings. The number of rotatable bonds is 1. The lowest BCUT2D eigenvalue weighted by molar-refractivity contribution is 0.817. The Morgan fingerprint density at radius 1 is 1.46 bits per heavy atom. The first-order chi connectivity index (χ1) is 6.24. The Hall–Kier alpha value is -0.480. The van der Waals surface area contributed by atoms with E-state index in [0.29, 0.717) is 0 Å². The van der Waals surface area contributed by atoms with E-state index in [1.807, 2.05) is 25.4 Å². The van der Waals surface area contributed by atoms with Gasteiger partial charge in [0.2, 0.25) is 0 Å². The third-order valence-corrected chi connectivity index (χ3v) is 3.37. The zero-order chi connectivity index (χ0) is 9.42. The van der Waals surface area contributed by atoms with Crippen LogP contribution in [0.5, 0.6) is 0 Å². The van der Waals surface area contributed by atoms with Crippen molar-refractivity contribution in [1.29, 1.82) is 0 Å². The molecule has 0 aliphatic carbocycles. The molecule has 0 fully saturated rings. The summed E-state index contributed by atoms with van der Waals surface area (Å²) in [5.74, 6) is 0. The lowest BCUT2D eigenvalue weighted by Crippen LogP contribution is -1.88. The Morgan fingerprint density at radius 2 is 2.23 bits per heavy atom. The predicted molar refractivity (Wildman–Crippen MR) is 60.2 cm³/mol. The molecule has 0 spiro atoms. The van der Waals surface area contributed by atoms with Crippen LogP contribution < -0.4 is 0 Å². The summed E-state index contributed by atoms with van der Waals surface area (Å²) >= 11 is 5.15. The molecule has 4 heteroatoms. The van der Waals surface area contributed by atoms with Crippen molar-refractivity contribution in [3.8, 4) is 0 Å².